The molecule has 24 heavy (non-hydrogen) atoms. The van der Waals surface area contributed by atoms with Crippen molar-refractivity contribution in [3.63, 3.8) is 0 Å². The summed E-state index contributed by atoms with van der Waals surface area (Å²) in [6.45, 7) is 2.10. The number of aryl methyl sites for hydroxylation is 2. The van der Waals surface area contributed by atoms with Gasteiger partial charge < -0.3 is 5.32 Å². The Morgan fingerprint density at radius 3 is 2.83 bits per heavy atom. The first-order valence-electron chi connectivity index (χ1n) is 7.55. The average Bonchev–Trinajstić information content (AvgIpc) is 2.55. The molecule has 0 spiro atoms. The SMILES string of the molecule is Cc1cccc2c(=O)n(CCC(=O)Nc3cccc(F)c3)cnc12. The molecule has 1 aromatic heterocycles. The number of nitrogens with zero attached hydrogens (tertiary/aromatic N) is 2. The van der Waals surface area contributed by atoms with Gasteiger partial charge in [-0.05, 0) is 36.8 Å². The number of fused-ring (bicyclic) bond motifs is 1. The van der Waals surface area contributed by atoms with Gasteiger partial charge in [-0.3, -0.25) is 14.2 Å². The highest BCUT2D eigenvalue weighted by molar-refractivity contribution is 5.90. The van der Waals surface area contributed by atoms with Gasteiger partial charge >= 0.3 is 0 Å². The molecule has 0 aliphatic carbocycles. The van der Waals surface area contributed by atoms with Gasteiger partial charge in [0.05, 0.1) is 17.2 Å². The maximum absolute atomic E-state index is 13.1. The van der Waals surface area contributed by atoms with E-state index in [1.807, 2.05) is 19.1 Å². The number of carbonyl (C=O) groups excluding carboxylic acids is 1. The van der Waals surface area contributed by atoms with Crippen molar-refractivity contribution >= 4 is 22.5 Å². The van der Waals surface area contributed by atoms with Crippen molar-refractivity contribution in [3.8, 4) is 0 Å². The fraction of sp³-hybridized carbons (Fsp3) is 0.167. The first-order valence-corrected chi connectivity index (χ1v) is 7.55. The number of carbonyl (C=O) groups is 1. The van der Waals surface area contributed by atoms with Gasteiger partial charge in [-0.25, -0.2) is 9.37 Å². The summed E-state index contributed by atoms with van der Waals surface area (Å²) in [5.74, 6) is -0.713. The number of aromatic nitrogens is 2. The summed E-state index contributed by atoms with van der Waals surface area (Å²) in [5, 5.41) is 3.13. The Bertz CT molecular complexity index is 966. The Morgan fingerprint density at radius 1 is 1.25 bits per heavy atom. The van der Waals surface area contributed by atoms with Crippen LogP contribution in [0, 0.1) is 12.7 Å². The largest absolute Gasteiger partial charge is 0.326 e. The van der Waals surface area contributed by atoms with E-state index < -0.39 is 5.82 Å². The molecule has 3 rings (SSSR count). The molecule has 0 radical (unpaired) electrons. The lowest BCUT2D eigenvalue weighted by Crippen LogP contribution is -2.23. The standard InChI is InChI=1S/C18H16FN3O2/c1-12-4-2-7-15-17(12)20-11-22(18(15)24)9-8-16(23)21-14-6-3-5-13(19)10-14/h2-7,10-11H,8-9H2,1H3,(H,21,23). The van der Waals surface area contributed by atoms with E-state index in [0.29, 0.717) is 16.6 Å². The Morgan fingerprint density at radius 2 is 2.04 bits per heavy atom. The summed E-state index contributed by atoms with van der Waals surface area (Å²) in [5.41, 5.74) is 1.81. The second kappa shape index (κ2) is 6.62. The number of halogens is 1. The quantitative estimate of drug-likeness (QED) is 0.802. The highest BCUT2D eigenvalue weighted by Crippen LogP contribution is 2.12. The van der Waals surface area contributed by atoms with E-state index in [0.717, 1.165) is 5.56 Å². The van der Waals surface area contributed by atoms with Crippen molar-refractivity contribution in [2.75, 3.05) is 5.32 Å². The van der Waals surface area contributed by atoms with Crippen LogP contribution in [-0.2, 0) is 11.3 Å². The van der Waals surface area contributed by atoms with E-state index >= 15 is 0 Å². The molecular formula is C18H16FN3O2. The first kappa shape index (κ1) is 15.9. The number of hydrogen-bond acceptors (Lipinski definition) is 3. The number of benzene rings is 2. The highest BCUT2D eigenvalue weighted by Gasteiger charge is 2.08. The van der Waals surface area contributed by atoms with Gasteiger partial charge in [0.1, 0.15) is 5.82 Å². The minimum Gasteiger partial charge on any atom is -0.326 e. The maximum atomic E-state index is 13.1. The number of nitrogens with one attached hydrogen (secondary N) is 1. The molecule has 0 unspecified atom stereocenters. The second-order valence-corrected chi connectivity index (χ2v) is 5.52. The van der Waals surface area contributed by atoms with Gasteiger partial charge in [0.15, 0.2) is 0 Å². The Balaban J connectivity index is 1.73. The van der Waals surface area contributed by atoms with Crippen molar-refractivity contribution < 1.29 is 9.18 Å². The molecule has 0 atom stereocenters. The van der Waals surface area contributed by atoms with Gasteiger partial charge in [-0.1, -0.05) is 18.2 Å². The number of para-hydroxylation sites is 1. The van der Waals surface area contributed by atoms with Crippen molar-refractivity contribution in [2.45, 2.75) is 19.9 Å². The van der Waals surface area contributed by atoms with Gasteiger partial charge in [0.2, 0.25) is 5.91 Å². The average molecular weight is 325 g/mol. The van der Waals surface area contributed by atoms with Crippen molar-refractivity contribution in [1.29, 1.82) is 0 Å². The number of rotatable bonds is 4. The van der Waals surface area contributed by atoms with Crippen molar-refractivity contribution in [2.24, 2.45) is 0 Å². The molecule has 1 N–H and O–H groups in total. The lowest BCUT2D eigenvalue weighted by molar-refractivity contribution is -0.116. The molecule has 2 aromatic carbocycles. The Kier molecular flexibility index (Phi) is 4.37. The molecule has 0 saturated heterocycles. The van der Waals surface area contributed by atoms with E-state index in [-0.39, 0.29) is 24.4 Å². The minimum atomic E-state index is -0.418. The third-order valence-corrected chi connectivity index (χ3v) is 3.74. The topological polar surface area (TPSA) is 64.0 Å². The third-order valence-electron chi connectivity index (χ3n) is 3.74. The smallest absolute Gasteiger partial charge is 0.261 e. The van der Waals surface area contributed by atoms with Crippen LogP contribution >= 0.6 is 0 Å². The first-order chi connectivity index (χ1) is 11.5. The molecule has 0 bridgehead atoms. The van der Waals surface area contributed by atoms with Crippen LogP contribution in [0.3, 0.4) is 0 Å². The number of hydrogen-bond donors (Lipinski definition) is 1. The number of amides is 1. The van der Waals surface area contributed by atoms with Gasteiger partial charge in [-0.15, -0.1) is 0 Å². The van der Waals surface area contributed by atoms with Crippen LogP contribution < -0.4 is 10.9 Å². The van der Waals surface area contributed by atoms with Crippen molar-refractivity contribution in [1.82, 2.24) is 9.55 Å². The molecule has 0 fully saturated rings. The molecule has 0 saturated carbocycles. The predicted octanol–water partition coefficient (Wildman–Crippen LogP) is 2.87. The molecule has 6 heteroatoms. The van der Waals surface area contributed by atoms with Crippen molar-refractivity contribution in [3.05, 3.63) is 70.5 Å². The second-order valence-electron chi connectivity index (χ2n) is 5.52. The zero-order valence-corrected chi connectivity index (χ0v) is 13.1. The molecule has 0 aliphatic heterocycles. The van der Waals surface area contributed by atoms with Crippen LogP contribution in [0.25, 0.3) is 10.9 Å². The summed E-state index contributed by atoms with van der Waals surface area (Å²) in [6, 6.07) is 11.1. The van der Waals surface area contributed by atoms with E-state index in [9.17, 15) is 14.0 Å². The van der Waals surface area contributed by atoms with Gasteiger partial charge in [0.25, 0.3) is 5.56 Å². The summed E-state index contributed by atoms with van der Waals surface area (Å²) in [4.78, 5) is 28.7. The fourth-order valence-corrected chi connectivity index (χ4v) is 2.51. The molecular weight excluding hydrogens is 309 g/mol. The van der Waals surface area contributed by atoms with Crippen LogP contribution in [0.1, 0.15) is 12.0 Å². The molecule has 5 nitrogen and oxygen atoms in total. The van der Waals surface area contributed by atoms with Crippen LogP contribution in [0.5, 0.6) is 0 Å². The lowest BCUT2D eigenvalue weighted by atomic mass is 10.1. The molecule has 1 heterocycles. The zero-order chi connectivity index (χ0) is 17.1. The van der Waals surface area contributed by atoms with Crippen LogP contribution in [0.15, 0.2) is 53.6 Å². The van der Waals surface area contributed by atoms with Crippen LogP contribution in [-0.4, -0.2) is 15.5 Å². The number of anilines is 1. The highest BCUT2D eigenvalue weighted by atomic mass is 19.1. The summed E-state index contributed by atoms with van der Waals surface area (Å²) in [6.07, 6.45) is 1.54. The molecule has 3 aromatic rings. The molecule has 122 valence electrons. The zero-order valence-electron chi connectivity index (χ0n) is 13.1. The Hall–Kier alpha value is -3.02. The molecule has 0 aliphatic rings. The Labute approximate surface area is 137 Å². The van der Waals surface area contributed by atoms with Gasteiger partial charge in [-0.2, -0.15) is 0 Å². The van der Waals surface area contributed by atoms with E-state index in [1.165, 1.54) is 29.1 Å². The minimum absolute atomic E-state index is 0.0927. The lowest BCUT2D eigenvalue weighted by Gasteiger charge is -2.08. The summed E-state index contributed by atoms with van der Waals surface area (Å²) in [7, 11) is 0. The van der Waals surface area contributed by atoms with E-state index in [1.54, 1.807) is 12.1 Å². The summed E-state index contributed by atoms with van der Waals surface area (Å²) < 4.78 is 14.5. The van der Waals surface area contributed by atoms with Crippen LogP contribution in [0.2, 0.25) is 0 Å². The van der Waals surface area contributed by atoms with E-state index in [4.69, 9.17) is 0 Å². The normalized spacial score (nSPS) is 10.8. The predicted molar refractivity (Wildman–Crippen MR) is 90.4 cm³/mol. The summed E-state index contributed by atoms with van der Waals surface area (Å²) >= 11 is 0. The fourth-order valence-electron chi connectivity index (χ4n) is 2.51. The van der Waals surface area contributed by atoms with Gasteiger partial charge in [0, 0.05) is 18.7 Å². The monoisotopic (exact) mass is 325 g/mol. The third kappa shape index (κ3) is 3.32. The molecule has 1 amide bonds. The van der Waals surface area contributed by atoms with Crippen LogP contribution in [0.4, 0.5) is 10.1 Å². The van der Waals surface area contributed by atoms with E-state index in [2.05, 4.69) is 10.3 Å². The maximum Gasteiger partial charge on any atom is 0.261 e.